The minimum absolute atomic E-state index is 0.160. The van der Waals surface area contributed by atoms with Gasteiger partial charge in [0.25, 0.3) is 0 Å². The molecule has 0 aromatic carbocycles. The van der Waals surface area contributed by atoms with Crippen LogP contribution in [0.5, 0.6) is 0 Å². The molecular weight excluding hydrogens is 234 g/mol. The van der Waals surface area contributed by atoms with Gasteiger partial charge in [-0.2, -0.15) is 0 Å². The Kier molecular flexibility index (Phi) is 3.85. The van der Waals surface area contributed by atoms with Crippen molar-refractivity contribution in [2.45, 2.75) is 84.8 Å². The van der Waals surface area contributed by atoms with E-state index in [0.29, 0.717) is 11.7 Å². The number of rotatable bonds is 3. The van der Waals surface area contributed by atoms with Crippen LogP contribution in [-0.2, 0) is 4.79 Å². The molecule has 0 saturated carbocycles. The second-order valence-corrected chi connectivity index (χ2v) is 8.42. The van der Waals surface area contributed by atoms with Gasteiger partial charge in [0, 0.05) is 37.5 Å². The number of Topliss-reactive ketones (excluding diaryl/α,β-unsaturated/α-hetero) is 1. The van der Waals surface area contributed by atoms with Gasteiger partial charge in [-0.3, -0.25) is 4.79 Å². The van der Waals surface area contributed by atoms with Gasteiger partial charge in [-0.1, -0.05) is 20.8 Å². The maximum absolute atomic E-state index is 12.3. The predicted octanol–water partition coefficient (Wildman–Crippen LogP) is 3.79. The number of ketones is 1. The molecule has 2 nitrogen and oxygen atoms in total. The summed E-state index contributed by atoms with van der Waals surface area (Å²) in [6, 6.07) is 2.32. The van der Waals surface area contributed by atoms with Crippen molar-refractivity contribution in [2.24, 2.45) is 11.3 Å². The Labute approximate surface area is 119 Å². The zero-order chi connectivity index (χ0) is 14.4. The van der Waals surface area contributed by atoms with Crippen LogP contribution in [0.25, 0.3) is 0 Å². The van der Waals surface area contributed by atoms with Crippen LogP contribution in [0.1, 0.15) is 66.7 Å². The third kappa shape index (κ3) is 2.61. The Morgan fingerprint density at radius 2 is 1.63 bits per heavy atom. The first-order chi connectivity index (χ1) is 8.65. The van der Waals surface area contributed by atoms with E-state index in [9.17, 15) is 4.79 Å². The summed E-state index contributed by atoms with van der Waals surface area (Å²) in [5.74, 6) is 1.10. The molecule has 2 atom stereocenters. The molecule has 2 heterocycles. The fraction of sp³-hybridized carbons (Fsp3) is 0.941. The van der Waals surface area contributed by atoms with Gasteiger partial charge in [0.15, 0.2) is 0 Å². The number of hydrogen-bond donors (Lipinski definition) is 0. The molecular formula is C17H32NO+. The molecule has 0 N–H and O–H groups in total. The summed E-state index contributed by atoms with van der Waals surface area (Å²) in [6.07, 6.45) is 6.10. The Hall–Kier alpha value is -0.370. The van der Waals surface area contributed by atoms with Crippen molar-refractivity contribution in [2.75, 3.05) is 7.05 Å². The summed E-state index contributed by atoms with van der Waals surface area (Å²) in [6.45, 7) is 10.9. The maximum atomic E-state index is 12.3. The minimum Gasteiger partial charge on any atom is -0.319 e. The first-order valence-electron chi connectivity index (χ1n) is 8.04. The topological polar surface area (TPSA) is 17.1 Å². The number of carbonyl (C=O) groups excluding carboxylic acids is 1. The molecule has 2 unspecified atom stereocenters. The van der Waals surface area contributed by atoms with Gasteiger partial charge < -0.3 is 4.48 Å². The highest BCUT2D eigenvalue weighted by Gasteiger charge is 2.53. The van der Waals surface area contributed by atoms with E-state index in [0.717, 1.165) is 24.5 Å². The predicted molar refractivity (Wildman–Crippen MR) is 79.9 cm³/mol. The van der Waals surface area contributed by atoms with Crippen molar-refractivity contribution < 1.29 is 9.28 Å². The normalized spacial score (nSPS) is 38.8. The molecule has 2 heteroatoms. The van der Waals surface area contributed by atoms with Gasteiger partial charge in [0.05, 0.1) is 25.2 Å². The monoisotopic (exact) mass is 266 g/mol. The third-order valence-corrected chi connectivity index (χ3v) is 6.04. The van der Waals surface area contributed by atoms with Gasteiger partial charge >= 0.3 is 0 Å². The molecule has 0 radical (unpaired) electrons. The molecule has 110 valence electrons. The quantitative estimate of drug-likeness (QED) is 0.710. The van der Waals surface area contributed by atoms with E-state index in [-0.39, 0.29) is 5.41 Å². The fourth-order valence-corrected chi connectivity index (χ4v) is 4.37. The Morgan fingerprint density at radius 1 is 1.16 bits per heavy atom. The first kappa shape index (κ1) is 15.0. The molecule has 2 aliphatic heterocycles. The highest BCUT2D eigenvalue weighted by Crippen LogP contribution is 2.46. The summed E-state index contributed by atoms with van der Waals surface area (Å²) in [4.78, 5) is 12.3. The number of piperidine rings is 1. The summed E-state index contributed by atoms with van der Waals surface area (Å²) >= 11 is 0. The number of quaternary nitrogens is 1. The number of fused-ring (bicyclic) bond motifs is 2. The average molecular weight is 266 g/mol. The third-order valence-electron chi connectivity index (χ3n) is 6.04. The van der Waals surface area contributed by atoms with E-state index in [1.54, 1.807) is 0 Å². The van der Waals surface area contributed by atoms with E-state index in [1.165, 1.54) is 30.2 Å². The van der Waals surface area contributed by atoms with Gasteiger partial charge in [0.1, 0.15) is 5.78 Å². The van der Waals surface area contributed by atoms with Crippen molar-refractivity contribution >= 4 is 5.78 Å². The zero-order valence-corrected chi connectivity index (χ0v) is 13.7. The number of hydrogen-bond acceptors (Lipinski definition) is 1. The minimum atomic E-state index is -0.160. The van der Waals surface area contributed by atoms with Crippen LogP contribution in [0.4, 0.5) is 0 Å². The van der Waals surface area contributed by atoms with Gasteiger partial charge in [-0.15, -0.1) is 0 Å². The van der Waals surface area contributed by atoms with Crippen molar-refractivity contribution in [3.63, 3.8) is 0 Å². The molecule has 2 fully saturated rings. The van der Waals surface area contributed by atoms with E-state index < -0.39 is 0 Å². The van der Waals surface area contributed by atoms with Crippen LogP contribution >= 0.6 is 0 Å². The SMILES string of the molecule is CC(C)[N+]1(C)C2CCC1CC(CC(=O)C(C)(C)C)C2. The lowest BCUT2D eigenvalue weighted by Crippen LogP contribution is -2.61. The van der Waals surface area contributed by atoms with Crippen LogP contribution in [0.3, 0.4) is 0 Å². The molecule has 0 spiro atoms. The highest BCUT2D eigenvalue weighted by atomic mass is 16.1. The van der Waals surface area contributed by atoms with Crippen LogP contribution < -0.4 is 0 Å². The highest BCUT2D eigenvalue weighted by molar-refractivity contribution is 5.83. The van der Waals surface area contributed by atoms with Crippen molar-refractivity contribution in [1.82, 2.24) is 0 Å². The largest absolute Gasteiger partial charge is 0.319 e. The second kappa shape index (κ2) is 4.87. The lowest BCUT2D eigenvalue weighted by molar-refractivity contribution is -0.968. The molecule has 0 aliphatic carbocycles. The lowest BCUT2D eigenvalue weighted by atomic mass is 9.79. The van der Waals surface area contributed by atoms with Crippen LogP contribution in [-0.4, -0.2) is 35.4 Å². The second-order valence-electron chi connectivity index (χ2n) is 8.42. The summed E-state index contributed by atoms with van der Waals surface area (Å²) < 4.78 is 1.26. The molecule has 0 aromatic heterocycles. The summed E-state index contributed by atoms with van der Waals surface area (Å²) in [5, 5.41) is 0. The van der Waals surface area contributed by atoms with Gasteiger partial charge in [-0.25, -0.2) is 0 Å². The molecule has 2 saturated heterocycles. The van der Waals surface area contributed by atoms with Gasteiger partial charge in [0.2, 0.25) is 0 Å². The van der Waals surface area contributed by atoms with Crippen LogP contribution in [0.2, 0.25) is 0 Å². The Morgan fingerprint density at radius 3 is 2.00 bits per heavy atom. The Balaban J connectivity index is 2.03. The number of carbonyl (C=O) groups is 1. The average Bonchev–Trinajstić information content (AvgIpc) is 2.48. The molecule has 2 bridgehead atoms. The standard InChI is InChI=1S/C17H32NO/c1-12(2)18(6)14-7-8-15(18)10-13(9-14)11-16(19)17(3,4)5/h12-15H,7-11H2,1-6H3/q+1. The van der Waals surface area contributed by atoms with Crippen LogP contribution in [0.15, 0.2) is 0 Å². The van der Waals surface area contributed by atoms with Gasteiger partial charge in [-0.05, 0) is 19.8 Å². The zero-order valence-electron chi connectivity index (χ0n) is 13.7. The van der Waals surface area contributed by atoms with Crippen LogP contribution in [0, 0.1) is 11.3 Å². The molecule has 0 amide bonds. The lowest BCUT2D eigenvalue weighted by Gasteiger charge is -2.50. The molecule has 19 heavy (non-hydrogen) atoms. The fourth-order valence-electron chi connectivity index (χ4n) is 4.37. The Bertz CT molecular complexity index is 339. The van der Waals surface area contributed by atoms with Crippen molar-refractivity contribution in [1.29, 1.82) is 0 Å². The van der Waals surface area contributed by atoms with E-state index in [4.69, 9.17) is 0 Å². The summed E-state index contributed by atoms with van der Waals surface area (Å²) in [7, 11) is 2.45. The molecule has 2 rings (SSSR count). The maximum Gasteiger partial charge on any atom is 0.138 e. The number of nitrogens with zero attached hydrogens (tertiary/aromatic N) is 1. The van der Waals surface area contributed by atoms with Crippen molar-refractivity contribution in [3.05, 3.63) is 0 Å². The van der Waals surface area contributed by atoms with E-state index in [2.05, 4.69) is 41.7 Å². The van der Waals surface area contributed by atoms with E-state index >= 15 is 0 Å². The summed E-state index contributed by atoms with van der Waals surface area (Å²) in [5.41, 5.74) is -0.160. The molecule has 0 aromatic rings. The first-order valence-corrected chi connectivity index (χ1v) is 8.04. The molecule has 2 aliphatic rings. The van der Waals surface area contributed by atoms with E-state index in [1.807, 2.05) is 0 Å². The van der Waals surface area contributed by atoms with Crippen molar-refractivity contribution in [3.8, 4) is 0 Å². The smallest absolute Gasteiger partial charge is 0.138 e.